The highest BCUT2D eigenvalue weighted by atomic mass is 16.5. The zero-order valence-electron chi connectivity index (χ0n) is 12.4. The van der Waals surface area contributed by atoms with Crippen molar-refractivity contribution >= 4 is 11.8 Å². The average Bonchev–Trinajstić information content (AvgIpc) is 2.87. The molecule has 0 saturated carbocycles. The Kier molecular flexibility index (Phi) is 5.37. The minimum Gasteiger partial charge on any atom is -0.372 e. The van der Waals surface area contributed by atoms with E-state index in [1.165, 1.54) is 0 Å². The van der Waals surface area contributed by atoms with E-state index < -0.39 is 0 Å². The van der Waals surface area contributed by atoms with Crippen LogP contribution in [0.1, 0.15) is 13.3 Å². The first-order chi connectivity index (χ1) is 9.63. The number of likely N-dealkylation sites (tertiary alicyclic amines) is 2. The van der Waals surface area contributed by atoms with Gasteiger partial charge in [-0.25, -0.2) is 0 Å². The highest BCUT2D eigenvalue weighted by Gasteiger charge is 2.38. The molecule has 2 saturated heterocycles. The number of amides is 2. The largest absolute Gasteiger partial charge is 0.372 e. The highest BCUT2D eigenvalue weighted by molar-refractivity contribution is 5.78. The molecule has 2 aliphatic rings. The molecule has 2 atom stereocenters. The molecule has 0 aromatic heterocycles. The van der Waals surface area contributed by atoms with Crippen LogP contribution in [0.3, 0.4) is 0 Å². The minimum absolute atomic E-state index is 0.0609. The summed E-state index contributed by atoms with van der Waals surface area (Å²) in [5.74, 6) is 1.24. The molecular weight excluding hydrogens is 258 g/mol. The van der Waals surface area contributed by atoms with E-state index in [4.69, 9.17) is 4.74 Å². The maximum absolute atomic E-state index is 12.0. The maximum atomic E-state index is 12.0. The van der Waals surface area contributed by atoms with Gasteiger partial charge in [-0.2, -0.15) is 0 Å². The lowest BCUT2D eigenvalue weighted by Gasteiger charge is -2.33. The number of carbonyl (C=O) groups is 2. The fourth-order valence-electron chi connectivity index (χ4n) is 3.15. The molecule has 0 radical (unpaired) electrons. The van der Waals surface area contributed by atoms with Gasteiger partial charge in [0.1, 0.15) is 6.61 Å². The molecule has 6 nitrogen and oxygen atoms in total. The number of likely N-dealkylation sites (N-methyl/N-ethyl adjacent to an activating group) is 1. The third-order valence-electron chi connectivity index (χ3n) is 4.31. The number of hydrogen-bond acceptors (Lipinski definition) is 4. The smallest absolute Gasteiger partial charge is 0.248 e. The third-order valence-corrected chi connectivity index (χ3v) is 4.31. The van der Waals surface area contributed by atoms with E-state index in [1.807, 2.05) is 11.8 Å². The quantitative estimate of drug-likeness (QED) is 0.742. The van der Waals surface area contributed by atoms with Crippen molar-refractivity contribution in [3.8, 4) is 0 Å². The normalized spacial score (nSPS) is 26.4. The van der Waals surface area contributed by atoms with Crippen molar-refractivity contribution in [3.63, 3.8) is 0 Å². The van der Waals surface area contributed by atoms with Gasteiger partial charge in [-0.05, 0) is 31.7 Å². The monoisotopic (exact) mass is 283 g/mol. The van der Waals surface area contributed by atoms with Gasteiger partial charge in [0.05, 0.1) is 6.54 Å². The topological polar surface area (TPSA) is 61.9 Å². The Labute approximate surface area is 120 Å². The molecule has 6 heteroatoms. The summed E-state index contributed by atoms with van der Waals surface area (Å²) < 4.78 is 5.19. The first-order valence-corrected chi connectivity index (χ1v) is 7.42. The van der Waals surface area contributed by atoms with Gasteiger partial charge >= 0.3 is 0 Å². The van der Waals surface area contributed by atoms with Gasteiger partial charge in [-0.3, -0.25) is 14.5 Å². The van der Waals surface area contributed by atoms with Gasteiger partial charge in [0.2, 0.25) is 11.8 Å². The number of ether oxygens (including phenoxy) is 1. The Hall–Kier alpha value is -1.14. The van der Waals surface area contributed by atoms with Crippen LogP contribution in [-0.4, -0.2) is 74.6 Å². The number of nitrogens with one attached hydrogen (secondary N) is 1. The number of carbonyl (C=O) groups excluding carboxylic acids is 2. The first-order valence-electron chi connectivity index (χ1n) is 7.42. The Bertz CT molecular complexity index is 362. The lowest BCUT2D eigenvalue weighted by molar-refractivity contribution is -0.135. The predicted octanol–water partition coefficient (Wildman–Crippen LogP) is -0.451. The molecule has 0 spiro atoms. The summed E-state index contributed by atoms with van der Waals surface area (Å²) in [5, 5.41) is 2.66. The minimum atomic E-state index is 0.0609. The molecule has 2 amide bonds. The Morgan fingerprint density at radius 1 is 1.25 bits per heavy atom. The van der Waals surface area contributed by atoms with E-state index in [2.05, 4.69) is 10.2 Å². The number of piperidine rings is 1. The van der Waals surface area contributed by atoms with Crippen molar-refractivity contribution in [1.29, 1.82) is 0 Å². The molecule has 0 aromatic carbocycles. The molecule has 2 heterocycles. The summed E-state index contributed by atoms with van der Waals surface area (Å²) in [4.78, 5) is 27.5. The molecule has 1 N–H and O–H groups in total. The van der Waals surface area contributed by atoms with Crippen molar-refractivity contribution in [3.05, 3.63) is 0 Å². The zero-order chi connectivity index (χ0) is 14.5. The molecule has 0 aromatic rings. The van der Waals surface area contributed by atoms with Gasteiger partial charge < -0.3 is 15.0 Å². The molecule has 20 heavy (non-hydrogen) atoms. The number of rotatable bonds is 5. The standard InChI is InChI=1S/C14H25N3O3/c1-3-20-10-14(19)17-7-11-4-5-16(6-12(11)8-17)9-13(18)15-2/h11-12H,3-10H2,1-2H3,(H,15,18)/t11-,12+/m1/s1. The van der Waals surface area contributed by atoms with E-state index in [9.17, 15) is 9.59 Å². The molecule has 0 aliphatic carbocycles. The van der Waals surface area contributed by atoms with Gasteiger partial charge in [0, 0.05) is 33.3 Å². The summed E-state index contributed by atoms with van der Waals surface area (Å²) in [6.45, 7) is 6.65. The zero-order valence-corrected chi connectivity index (χ0v) is 12.4. The average molecular weight is 283 g/mol. The van der Waals surface area contributed by atoms with E-state index >= 15 is 0 Å². The van der Waals surface area contributed by atoms with Crippen LogP contribution in [-0.2, 0) is 14.3 Å². The van der Waals surface area contributed by atoms with E-state index in [-0.39, 0.29) is 18.4 Å². The Morgan fingerprint density at radius 3 is 2.70 bits per heavy atom. The number of hydrogen-bond donors (Lipinski definition) is 1. The van der Waals surface area contributed by atoms with Crippen LogP contribution >= 0.6 is 0 Å². The molecule has 114 valence electrons. The fourth-order valence-corrected chi connectivity index (χ4v) is 3.15. The first kappa shape index (κ1) is 15.3. The van der Waals surface area contributed by atoms with Crippen LogP contribution < -0.4 is 5.32 Å². The van der Waals surface area contributed by atoms with Crippen LogP contribution in [0.25, 0.3) is 0 Å². The molecule has 2 aliphatic heterocycles. The Morgan fingerprint density at radius 2 is 2.00 bits per heavy atom. The molecular formula is C14H25N3O3. The van der Waals surface area contributed by atoms with Crippen molar-refractivity contribution in [2.75, 3.05) is 53.0 Å². The van der Waals surface area contributed by atoms with Crippen LogP contribution in [0.2, 0.25) is 0 Å². The van der Waals surface area contributed by atoms with E-state index in [0.29, 0.717) is 25.0 Å². The van der Waals surface area contributed by atoms with Gasteiger partial charge in [-0.1, -0.05) is 0 Å². The lowest BCUT2D eigenvalue weighted by atomic mass is 9.89. The highest BCUT2D eigenvalue weighted by Crippen LogP contribution is 2.31. The summed E-state index contributed by atoms with van der Waals surface area (Å²) >= 11 is 0. The predicted molar refractivity (Wildman–Crippen MR) is 75.2 cm³/mol. The van der Waals surface area contributed by atoms with Crippen LogP contribution in [0.5, 0.6) is 0 Å². The fraction of sp³-hybridized carbons (Fsp3) is 0.857. The van der Waals surface area contributed by atoms with Crippen LogP contribution in [0.4, 0.5) is 0 Å². The Balaban J connectivity index is 1.82. The third kappa shape index (κ3) is 3.70. The van der Waals surface area contributed by atoms with Gasteiger partial charge in [-0.15, -0.1) is 0 Å². The second kappa shape index (κ2) is 7.04. The summed E-state index contributed by atoms with van der Waals surface area (Å²) in [6, 6.07) is 0. The summed E-state index contributed by atoms with van der Waals surface area (Å²) in [7, 11) is 1.67. The van der Waals surface area contributed by atoms with Gasteiger partial charge in [0.15, 0.2) is 0 Å². The van der Waals surface area contributed by atoms with E-state index in [1.54, 1.807) is 7.05 Å². The van der Waals surface area contributed by atoms with Crippen LogP contribution in [0, 0.1) is 11.8 Å². The maximum Gasteiger partial charge on any atom is 0.248 e. The molecule has 0 unspecified atom stereocenters. The SMILES string of the molecule is CCOCC(=O)N1C[C@H]2CCN(CC(=O)NC)C[C@H]2C1. The second-order valence-corrected chi connectivity index (χ2v) is 5.65. The van der Waals surface area contributed by atoms with Gasteiger partial charge in [0.25, 0.3) is 0 Å². The van der Waals surface area contributed by atoms with Crippen molar-refractivity contribution in [1.82, 2.24) is 15.1 Å². The molecule has 2 fully saturated rings. The van der Waals surface area contributed by atoms with Crippen molar-refractivity contribution in [2.45, 2.75) is 13.3 Å². The van der Waals surface area contributed by atoms with E-state index in [0.717, 1.165) is 32.6 Å². The molecule has 0 bridgehead atoms. The summed E-state index contributed by atoms with van der Waals surface area (Å²) in [6.07, 6.45) is 1.07. The molecule has 2 rings (SSSR count). The van der Waals surface area contributed by atoms with Crippen molar-refractivity contribution in [2.24, 2.45) is 11.8 Å². The number of nitrogens with zero attached hydrogens (tertiary/aromatic N) is 2. The summed E-state index contributed by atoms with van der Waals surface area (Å²) in [5.41, 5.74) is 0. The lowest BCUT2D eigenvalue weighted by Crippen LogP contribution is -2.44. The van der Waals surface area contributed by atoms with Crippen LogP contribution in [0.15, 0.2) is 0 Å². The van der Waals surface area contributed by atoms with Crippen molar-refractivity contribution < 1.29 is 14.3 Å². The second-order valence-electron chi connectivity index (χ2n) is 5.65. The number of fused-ring (bicyclic) bond motifs is 1.